The van der Waals surface area contributed by atoms with Gasteiger partial charge < -0.3 is 5.11 Å². The number of carbonyl (C=O) groups excluding carboxylic acids is 4. The van der Waals surface area contributed by atoms with Crippen LogP contribution in [0.1, 0.15) is 35.4 Å². The molecule has 7 heteroatoms. The zero-order valence-electron chi connectivity index (χ0n) is 21.9. The first kappa shape index (κ1) is 25.8. The second-order valence-corrected chi connectivity index (χ2v) is 12.3. The van der Waals surface area contributed by atoms with Crippen LogP contribution in [0.25, 0.3) is 5.57 Å². The second-order valence-electron chi connectivity index (χ2n) is 11.3. The minimum atomic E-state index is -1.36. The van der Waals surface area contributed by atoms with Crippen molar-refractivity contribution >= 4 is 44.9 Å². The molecule has 1 saturated carbocycles. The number of allylic oxidation sites excluding steroid dienone is 4. The van der Waals surface area contributed by atoms with Gasteiger partial charge in [-0.2, -0.15) is 0 Å². The molecule has 1 heterocycles. The number of aromatic hydroxyl groups is 1. The molecular formula is C34H26BrNO5. The van der Waals surface area contributed by atoms with Crippen LogP contribution in [-0.4, -0.2) is 28.5 Å². The van der Waals surface area contributed by atoms with E-state index in [1.54, 1.807) is 18.2 Å². The fraction of sp³-hybridized carbons (Fsp3) is 0.235. The Balaban J connectivity index is 1.55. The zero-order valence-corrected chi connectivity index (χ0v) is 23.5. The number of hydrogen-bond acceptors (Lipinski definition) is 5. The van der Waals surface area contributed by atoms with E-state index >= 15 is 0 Å². The number of nitrogens with one attached hydrogen (secondary N) is 1. The molecular weight excluding hydrogens is 582 g/mol. The van der Waals surface area contributed by atoms with E-state index in [-0.39, 0.29) is 35.6 Å². The summed E-state index contributed by atoms with van der Waals surface area (Å²) in [5.74, 6) is -4.20. The molecule has 6 atom stereocenters. The lowest BCUT2D eigenvalue weighted by Gasteiger charge is -2.55. The summed E-state index contributed by atoms with van der Waals surface area (Å²) in [5, 5.41) is 13.8. The van der Waals surface area contributed by atoms with Gasteiger partial charge in [0.05, 0.1) is 17.3 Å². The molecule has 6 nitrogen and oxygen atoms in total. The highest BCUT2D eigenvalue weighted by Crippen LogP contribution is 2.64. The molecule has 0 radical (unpaired) electrons. The average Bonchev–Trinajstić information content (AvgIpc) is 3.29. The number of halogens is 1. The number of fused-ring (bicyclic) bond motifs is 4. The number of imide groups is 1. The third kappa shape index (κ3) is 3.68. The lowest BCUT2D eigenvalue weighted by molar-refractivity contribution is -0.135. The average molecular weight is 608 g/mol. The van der Waals surface area contributed by atoms with E-state index in [0.29, 0.717) is 33.2 Å². The first-order valence-electron chi connectivity index (χ1n) is 13.8. The standard InChI is InChI=1S/C34H26BrNO5/c35-20-11-14-27(37)25(15-20)30-21-12-13-22-29(33(41)36-32(22)40)24(21)16-26-31(39)23(18-7-3-1-4-8-18)17-28(38)34(26,30)19-9-5-2-6-10-19/h1-12,14-15,17,22,24,26,29-30,37H,13,16H2,(H,36,40,41). The Kier molecular flexibility index (Phi) is 5.98. The highest BCUT2D eigenvalue weighted by molar-refractivity contribution is 9.10. The number of rotatable bonds is 3. The summed E-state index contributed by atoms with van der Waals surface area (Å²) in [4.78, 5) is 55.4. The molecule has 3 aromatic carbocycles. The fourth-order valence-electron chi connectivity index (χ4n) is 7.89. The van der Waals surface area contributed by atoms with Crippen molar-refractivity contribution in [2.75, 3.05) is 0 Å². The molecule has 6 unspecified atom stereocenters. The molecule has 204 valence electrons. The van der Waals surface area contributed by atoms with Crippen LogP contribution in [-0.2, 0) is 24.6 Å². The van der Waals surface area contributed by atoms with Crippen molar-refractivity contribution in [2.45, 2.75) is 24.2 Å². The van der Waals surface area contributed by atoms with Crippen molar-refractivity contribution in [1.82, 2.24) is 5.32 Å². The normalized spacial score (nSPS) is 30.5. The second kappa shape index (κ2) is 9.48. The first-order valence-corrected chi connectivity index (χ1v) is 14.6. The van der Waals surface area contributed by atoms with Gasteiger partial charge in [0.2, 0.25) is 11.8 Å². The summed E-state index contributed by atoms with van der Waals surface area (Å²) in [6.07, 6.45) is 4.04. The molecule has 2 amide bonds. The molecule has 4 aliphatic rings. The summed E-state index contributed by atoms with van der Waals surface area (Å²) in [6.45, 7) is 0. The highest BCUT2D eigenvalue weighted by Gasteiger charge is 2.65. The number of hydrogen-bond donors (Lipinski definition) is 2. The van der Waals surface area contributed by atoms with Gasteiger partial charge in [-0.3, -0.25) is 24.5 Å². The van der Waals surface area contributed by atoms with Gasteiger partial charge >= 0.3 is 0 Å². The zero-order chi connectivity index (χ0) is 28.5. The summed E-state index contributed by atoms with van der Waals surface area (Å²) < 4.78 is 0.713. The number of ketones is 2. The maximum atomic E-state index is 14.8. The maximum Gasteiger partial charge on any atom is 0.231 e. The van der Waals surface area contributed by atoms with Crippen LogP contribution in [0.5, 0.6) is 5.75 Å². The van der Waals surface area contributed by atoms with Gasteiger partial charge in [-0.15, -0.1) is 0 Å². The molecule has 1 aliphatic heterocycles. The number of Topliss-reactive ketones (excluding diaryl/α,β-unsaturated/α-hetero) is 1. The summed E-state index contributed by atoms with van der Waals surface area (Å²) in [6, 6.07) is 23.6. The third-order valence-corrected chi connectivity index (χ3v) is 10.0. The molecule has 0 bridgehead atoms. The number of carbonyl (C=O) groups is 4. The predicted molar refractivity (Wildman–Crippen MR) is 156 cm³/mol. The van der Waals surface area contributed by atoms with Crippen LogP contribution in [0.3, 0.4) is 0 Å². The van der Waals surface area contributed by atoms with Crippen LogP contribution in [0, 0.1) is 23.7 Å². The molecule has 0 spiro atoms. The van der Waals surface area contributed by atoms with Crippen LogP contribution >= 0.6 is 15.9 Å². The summed E-state index contributed by atoms with van der Waals surface area (Å²) in [5.41, 5.74) is 1.65. The van der Waals surface area contributed by atoms with E-state index in [1.165, 1.54) is 6.08 Å². The minimum absolute atomic E-state index is 0.000893. The predicted octanol–water partition coefficient (Wildman–Crippen LogP) is 5.27. The van der Waals surface area contributed by atoms with Gasteiger partial charge in [-0.25, -0.2) is 0 Å². The van der Waals surface area contributed by atoms with E-state index in [9.17, 15) is 24.3 Å². The van der Waals surface area contributed by atoms with E-state index in [2.05, 4.69) is 21.2 Å². The molecule has 2 N–H and O–H groups in total. The lowest BCUT2D eigenvalue weighted by atomic mass is 9.44. The largest absolute Gasteiger partial charge is 0.508 e. The fourth-order valence-corrected chi connectivity index (χ4v) is 8.27. The Bertz CT molecular complexity index is 1690. The van der Waals surface area contributed by atoms with Crippen molar-refractivity contribution in [3.8, 4) is 5.75 Å². The lowest BCUT2D eigenvalue weighted by Crippen LogP contribution is -2.58. The minimum Gasteiger partial charge on any atom is -0.508 e. The van der Waals surface area contributed by atoms with Gasteiger partial charge in [0.15, 0.2) is 11.6 Å². The van der Waals surface area contributed by atoms with Gasteiger partial charge in [-0.05, 0) is 54.2 Å². The molecule has 0 aromatic heterocycles. The van der Waals surface area contributed by atoms with Gasteiger partial charge in [0, 0.05) is 27.4 Å². The highest BCUT2D eigenvalue weighted by atomic mass is 79.9. The quantitative estimate of drug-likeness (QED) is 0.312. The number of phenolic OH excluding ortho intramolecular Hbond substituents is 1. The van der Waals surface area contributed by atoms with Gasteiger partial charge in [0.1, 0.15) is 5.75 Å². The Hall–Kier alpha value is -4.10. The van der Waals surface area contributed by atoms with E-state index in [1.807, 2.05) is 66.7 Å². The first-order chi connectivity index (χ1) is 19.8. The Morgan fingerprint density at radius 1 is 0.854 bits per heavy atom. The van der Waals surface area contributed by atoms with E-state index in [4.69, 9.17) is 0 Å². The molecule has 41 heavy (non-hydrogen) atoms. The van der Waals surface area contributed by atoms with Crippen LogP contribution < -0.4 is 5.32 Å². The van der Waals surface area contributed by atoms with Crippen LogP contribution in [0.2, 0.25) is 0 Å². The van der Waals surface area contributed by atoms with Crippen molar-refractivity contribution in [2.24, 2.45) is 23.7 Å². The summed E-state index contributed by atoms with van der Waals surface area (Å²) in [7, 11) is 0. The molecule has 3 aromatic rings. The monoisotopic (exact) mass is 607 g/mol. The van der Waals surface area contributed by atoms with Crippen molar-refractivity contribution in [3.63, 3.8) is 0 Å². The van der Waals surface area contributed by atoms with Crippen molar-refractivity contribution in [1.29, 1.82) is 0 Å². The SMILES string of the molecule is O=C1NC(=O)C2C1CC=C1C2CC2C(=O)C(c3ccccc3)=CC(=O)C2(c2ccccc2)C1c1cc(Br)ccc1O. The molecule has 2 fully saturated rings. The number of amides is 2. The van der Waals surface area contributed by atoms with Gasteiger partial charge in [-0.1, -0.05) is 88.2 Å². The summed E-state index contributed by atoms with van der Waals surface area (Å²) >= 11 is 3.54. The van der Waals surface area contributed by atoms with Crippen molar-refractivity contribution < 1.29 is 24.3 Å². The smallest absolute Gasteiger partial charge is 0.231 e. The Labute approximate surface area is 245 Å². The topological polar surface area (TPSA) is 101 Å². The third-order valence-electron chi connectivity index (χ3n) is 9.52. The molecule has 1 saturated heterocycles. The molecule has 7 rings (SSSR count). The van der Waals surface area contributed by atoms with Crippen molar-refractivity contribution in [3.05, 3.63) is 118 Å². The molecule has 3 aliphatic carbocycles. The number of benzene rings is 3. The maximum absolute atomic E-state index is 14.8. The van der Waals surface area contributed by atoms with E-state index < -0.39 is 35.0 Å². The Morgan fingerprint density at radius 2 is 1.56 bits per heavy atom. The van der Waals surface area contributed by atoms with Crippen LogP contribution in [0.15, 0.2) is 101 Å². The van der Waals surface area contributed by atoms with E-state index in [0.717, 1.165) is 5.57 Å². The number of phenols is 1. The van der Waals surface area contributed by atoms with Gasteiger partial charge in [0.25, 0.3) is 0 Å². The van der Waals surface area contributed by atoms with Crippen LogP contribution in [0.4, 0.5) is 0 Å². The Morgan fingerprint density at radius 3 is 2.29 bits per heavy atom.